The van der Waals surface area contributed by atoms with Crippen molar-refractivity contribution in [3.63, 3.8) is 0 Å². The molecule has 0 fully saturated rings. The Balaban J connectivity index is 4.45. The lowest BCUT2D eigenvalue weighted by Gasteiger charge is -2.18. The fourth-order valence-electron chi connectivity index (χ4n) is 9.33. The van der Waals surface area contributed by atoms with Gasteiger partial charge in [0.05, 0.1) is 0 Å². The summed E-state index contributed by atoms with van der Waals surface area (Å²) in [6, 6.07) is 0. The fraction of sp³-hybridized carbons (Fsp3) is 0.693. The number of carbonyl (C=O) groups is 3. The van der Waals surface area contributed by atoms with Crippen LogP contribution >= 0.6 is 0 Å². The minimum Gasteiger partial charge on any atom is -0.462 e. The minimum atomic E-state index is -0.801. The van der Waals surface area contributed by atoms with Crippen molar-refractivity contribution in [1.29, 1.82) is 0 Å². The van der Waals surface area contributed by atoms with Crippen LogP contribution in [0.2, 0.25) is 0 Å². The van der Waals surface area contributed by atoms with Crippen LogP contribution in [0.5, 0.6) is 0 Å². The first kappa shape index (κ1) is 76.8. The summed E-state index contributed by atoms with van der Waals surface area (Å²) in [7, 11) is 0. The average Bonchev–Trinajstić information content (AvgIpc) is 3.47. The van der Waals surface area contributed by atoms with E-state index in [2.05, 4.69) is 142 Å². The Labute approximate surface area is 501 Å². The Morgan fingerprint density at radius 3 is 0.778 bits per heavy atom. The van der Waals surface area contributed by atoms with Crippen LogP contribution in [-0.4, -0.2) is 37.2 Å². The summed E-state index contributed by atoms with van der Waals surface area (Å²) >= 11 is 0. The number of unbranched alkanes of at least 4 members (excludes halogenated alkanes) is 30. The summed E-state index contributed by atoms with van der Waals surface area (Å²) in [6.07, 6.45) is 94.8. The molecule has 0 spiro atoms. The molecular weight excluding hydrogens is 997 g/mol. The molecule has 0 rings (SSSR count). The van der Waals surface area contributed by atoms with Gasteiger partial charge >= 0.3 is 17.9 Å². The predicted molar refractivity (Wildman–Crippen MR) is 353 cm³/mol. The summed E-state index contributed by atoms with van der Waals surface area (Å²) < 4.78 is 17.0. The largest absolute Gasteiger partial charge is 0.462 e. The zero-order valence-electron chi connectivity index (χ0n) is 53.0. The van der Waals surface area contributed by atoms with Crippen molar-refractivity contribution in [1.82, 2.24) is 0 Å². The molecule has 0 N–H and O–H groups in total. The van der Waals surface area contributed by atoms with Gasteiger partial charge < -0.3 is 14.2 Å². The highest BCUT2D eigenvalue weighted by Crippen LogP contribution is 2.16. The van der Waals surface area contributed by atoms with Crippen molar-refractivity contribution < 1.29 is 28.6 Å². The Bertz CT molecular complexity index is 1670. The van der Waals surface area contributed by atoms with Gasteiger partial charge in [0.1, 0.15) is 13.2 Å². The van der Waals surface area contributed by atoms with Crippen molar-refractivity contribution in [2.45, 2.75) is 322 Å². The van der Waals surface area contributed by atoms with Crippen LogP contribution in [0.4, 0.5) is 0 Å². The highest BCUT2D eigenvalue weighted by Gasteiger charge is 2.19. The molecular formula is C75H126O6. The van der Waals surface area contributed by atoms with E-state index >= 15 is 0 Å². The number of allylic oxidation sites excluding steroid dienone is 20. The molecule has 0 aliphatic rings. The third kappa shape index (κ3) is 66.5. The molecule has 0 saturated heterocycles. The summed E-state index contributed by atoms with van der Waals surface area (Å²) in [4.78, 5) is 38.5. The van der Waals surface area contributed by atoms with Gasteiger partial charge in [-0.05, 0) is 135 Å². The van der Waals surface area contributed by atoms with Crippen LogP contribution in [0, 0.1) is 0 Å². The van der Waals surface area contributed by atoms with Gasteiger partial charge in [-0.1, -0.05) is 284 Å². The monoisotopic (exact) mass is 1120 g/mol. The highest BCUT2D eigenvalue weighted by atomic mass is 16.6. The Hall–Kier alpha value is -4.19. The topological polar surface area (TPSA) is 78.9 Å². The first-order valence-electron chi connectivity index (χ1n) is 34.0. The van der Waals surface area contributed by atoms with Crippen molar-refractivity contribution in [3.8, 4) is 0 Å². The van der Waals surface area contributed by atoms with E-state index in [0.717, 1.165) is 135 Å². The first-order valence-corrected chi connectivity index (χ1v) is 34.0. The second kappa shape index (κ2) is 68.3. The maximum Gasteiger partial charge on any atom is 0.306 e. The van der Waals surface area contributed by atoms with Gasteiger partial charge in [-0.15, -0.1) is 0 Å². The van der Waals surface area contributed by atoms with Gasteiger partial charge in [-0.2, -0.15) is 0 Å². The first-order chi connectivity index (χ1) is 40.0. The number of hydrogen-bond acceptors (Lipinski definition) is 6. The maximum atomic E-state index is 13.0. The Morgan fingerprint density at radius 2 is 0.481 bits per heavy atom. The fourth-order valence-corrected chi connectivity index (χ4v) is 9.33. The van der Waals surface area contributed by atoms with Crippen LogP contribution in [0.1, 0.15) is 316 Å². The molecule has 0 aromatic heterocycles. The molecule has 6 nitrogen and oxygen atoms in total. The molecule has 1 unspecified atom stereocenters. The summed E-state index contributed by atoms with van der Waals surface area (Å²) in [5, 5.41) is 0. The van der Waals surface area contributed by atoms with Crippen LogP contribution in [-0.2, 0) is 28.6 Å². The second-order valence-electron chi connectivity index (χ2n) is 22.3. The van der Waals surface area contributed by atoms with Crippen molar-refractivity contribution >= 4 is 17.9 Å². The number of hydrogen-bond donors (Lipinski definition) is 0. The number of ether oxygens (including phenoxy) is 3. The van der Waals surface area contributed by atoms with Crippen LogP contribution in [0.3, 0.4) is 0 Å². The van der Waals surface area contributed by atoms with E-state index in [1.807, 2.05) is 0 Å². The van der Waals surface area contributed by atoms with Gasteiger partial charge in [0.15, 0.2) is 6.10 Å². The van der Waals surface area contributed by atoms with Crippen molar-refractivity contribution in [2.24, 2.45) is 0 Å². The van der Waals surface area contributed by atoms with Crippen molar-refractivity contribution in [2.75, 3.05) is 13.2 Å². The number of rotatable bonds is 61. The van der Waals surface area contributed by atoms with Gasteiger partial charge in [0.2, 0.25) is 0 Å². The number of esters is 3. The molecule has 81 heavy (non-hydrogen) atoms. The average molecular weight is 1120 g/mol. The van der Waals surface area contributed by atoms with Crippen molar-refractivity contribution in [3.05, 3.63) is 122 Å². The quantitative estimate of drug-likeness (QED) is 0.0261. The van der Waals surface area contributed by atoms with Gasteiger partial charge in [-0.25, -0.2) is 0 Å². The highest BCUT2D eigenvalue weighted by molar-refractivity contribution is 5.71. The van der Waals surface area contributed by atoms with Crippen LogP contribution in [0.25, 0.3) is 0 Å². The third-order valence-corrected chi connectivity index (χ3v) is 14.4. The molecule has 1 atom stereocenters. The summed E-state index contributed by atoms with van der Waals surface area (Å²) in [5.74, 6) is -0.919. The summed E-state index contributed by atoms with van der Waals surface area (Å²) in [6.45, 7) is 6.49. The lowest BCUT2D eigenvalue weighted by atomic mass is 10.0. The minimum absolute atomic E-state index is 0.0932. The van der Waals surface area contributed by atoms with E-state index in [9.17, 15) is 14.4 Å². The molecule has 0 aliphatic heterocycles. The van der Waals surface area contributed by atoms with E-state index in [1.165, 1.54) is 141 Å². The summed E-state index contributed by atoms with van der Waals surface area (Å²) in [5.41, 5.74) is 0. The van der Waals surface area contributed by atoms with Gasteiger partial charge in [0, 0.05) is 19.3 Å². The van der Waals surface area contributed by atoms with E-state index < -0.39 is 6.10 Å². The maximum absolute atomic E-state index is 13.0. The van der Waals surface area contributed by atoms with E-state index in [1.54, 1.807) is 0 Å². The standard InChI is InChI=1S/C75H126O6/c1-4-7-10-13-16-19-22-25-28-31-34-36-37-39-41-44-47-50-53-56-59-62-65-68-74(77)80-71-72(70-79-73(76)67-64-61-58-55-52-49-46-43-40-33-30-27-24-21-18-15-12-9-6-3)81-75(78)69-66-63-60-57-54-51-48-45-42-38-35-32-29-26-23-20-17-14-11-8-5-2/h8,11,17-18,20-22,25-27,29-31,34-35,38,40,43,45,48,72H,4-7,9-10,12-16,19,23-24,28,32-33,36-37,39,41-42,44,46-47,49-71H2,1-3H3/b11-8-,20-17-,21-18-,25-22-,29-26-,30-27-,34-31-,38-35-,43-40-,48-45-. The second-order valence-corrected chi connectivity index (χ2v) is 22.3. The normalized spacial score (nSPS) is 12.9. The Kier molecular flexibility index (Phi) is 64.8. The van der Waals surface area contributed by atoms with E-state index in [4.69, 9.17) is 14.2 Å². The van der Waals surface area contributed by atoms with Crippen LogP contribution < -0.4 is 0 Å². The zero-order chi connectivity index (χ0) is 58.5. The molecule has 462 valence electrons. The van der Waals surface area contributed by atoms with Gasteiger partial charge in [-0.3, -0.25) is 14.4 Å². The molecule has 0 bridgehead atoms. The zero-order valence-corrected chi connectivity index (χ0v) is 53.0. The smallest absolute Gasteiger partial charge is 0.306 e. The molecule has 0 aliphatic carbocycles. The molecule has 0 aromatic rings. The Morgan fingerprint density at radius 1 is 0.259 bits per heavy atom. The number of carbonyl (C=O) groups excluding carboxylic acids is 3. The lowest BCUT2D eigenvalue weighted by Crippen LogP contribution is -2.30. The SMILES string of the molecule is CC/C=C\C/C=C\C/C=C\C/C=C\C/C=C\CCCCCCCC(=O)OC(COC(=O)CCCCCCCC/C=C\C/C=C\C/C=C\CCCCC)COC(=O)CCCCCCCCCCCCC/C=C\C/C=C\CCCCCCC. The van der Waals surface area contributed by atoms with Gasteiger partial charge in [0.25, 0.3) is 0 Å². The third-order valence-electron chi connectivity index (χ3n) is 14.4. The lowest BCUT2D eigenvalue weighted by molar-refractivity contribution is -0.167. The molecule has 0 amide bonds. The van der Waals surface area contributed by atoms with Crippen LogP contribution in [0.15, 0.2) is 122 Å². The van der Waals surface area contributed by atoms with E-state index in [0.29, 0.717) is 19.3 Å². The molecule has 6 heteroatoms. The molecule has 0 radical (unpaired) electrons. The molecule has 0 heterocycles. The molecule has 0 aromatic carbocycles. The van der Waals surface area contributed by atoms with E-state index in [-0.39, 0.29) is 31.1 Å². The predicted octanol–water partition coefficient (Wildman–Crippen LogP) is 23.6. The molecule has 0 saturated carbocycles.